The molecule has 12 heavy (non-hydrogen) atoms. The molecule has 1 aliphatic carbocycles. The summed E-state index contributed by atoms with van der Waals surface area (Å²) in [5.41, 5.74) is 3.26. The second kappa shape index (κ2) is 3.68. The molecule has 2 unspecified atom stereocenters. The van der Waals surface area contributed by atoms with E-state index in [1.165, 1.54) is 5.57 Å². The lowest BCUT2D eigenvalue weighted by atomic mass is 10.1. The van der Waals surface area contributed by atoms with Crippen LogP contribution in [-0.2, 0) is 0 Å². The van der Waals surface area contributed by atoms with Gasteiger partial charge in [-0.2, -0.15) is 0 Å². The Labute approximate surface area is 83.6 Å². The van der Waals surface area contributed by atoms with Gasteiger partial charge in [0.2, 0.25) is 0 Å². The van der Waals surface area contributed by atoms with E-state index in [-0.39, 0.29) is 10.8 Å². The van der Waals surface area contributed by atoms with Crippen molar-refractivity contribution in [2.24, 2.45) is 0 Å². The molecule has 0 spiro atoms. The Bertz CT molecular complexity index is 251. The van der Waals surface area contributed by atoms with Crippen LogP contribution in [0.5, 0.6) is 0 Å². The maximum Gasteiger partial charge on any atom is 0.0784 e. The van der Waals surface area contributed by atoms with Crippen molar-refractivity contribution in [1.82, 2.24) is 0 Å². The summed E-state index contributed by atoms with van der Waals surface area (Å²) in [6.45, 7) is 9.60. The summed E-state index contributed by atoms with van der Waals surface area (Å²) in [6, 6.07) is 0. The fourth-order valence-electron chi connectivity index (χ4n) is 1.42. The minimum absolute atomic E-state index is 0.0888. The van der Waals surface area contributed by atoms with E-state index >= 15 is 0 Å². The number of allylic oxidation sites excluding steroid dienone is 4. The average Bonchev–Trinajstić information content (AvgIpc) is 2.23. The molecule has 1 aliphatic rings. The molecule has 2 atom stereocenters. The maximum absolute atomic E-state index is 6.05. The van der Waals surface area contributed by atoms with Crippen LogP contribution < -0.4 is 0 Å². The van der Waals surface area contributed by atoms with E-state index in [4.69, 9.17) is 23.2 Å². The highest BCUT2D eigenvalue weighted by Gasteiger charge is 2.31. The van der Waals surface area contributed by atoms with Crippen LogP contribution in [0.15, 0.2) is 36.0 Å². The number of halogens is 2. The summed E-state index contributed by atoms with van der Waals surface area (Å²) in [4.78, 5) is 0. The molecule has 1 rings (SSSR count). The van der Waals surface area contributed by atoms with Crippen LogP contribution in [0, 0.1) is 0 Å². The smallest absolute Gasteiger partial charge is 0.0784 e. The minimum Gasteiger partial charge on any atom is -0.116 e. The third kappa shape index (κ3) is 1.46. The molecule has 0 aromatic rings. The first kappa shape index (κ1) is 9.88. The number of hydrogen-bond acceptors (Lipinski definition) is 0. The lowest BCUT2D eigenvalue weighted by molar-refractivity contribution is 1.03. The van der Waals surface area contributed by atoms with E-state index in [9.17, 15) is 0 Å². The van der Waals surface area contributed by atoms with Crippen molar-refractivity contribution in [3.8, 4) is 0 Å². The third-order valence-corrected chi connectivity index (χ3v) is 3.44. The summed E-state index contributed by atoms with van der Waals surface area (Å²) in [5.74, 6) is 0. The Morgan fingerprint density at radius 2 is 2.00 bits per heavy atom. The molecule has 0 aromatic heterocycles. The quantitative estimate of drug-likeness (QED) is 0.474. The van der Waals surface area contributed by atoms with E-state index in [0.717, 1.165) is 17.6 Å². The fourth-order valence-corrected chi connectivity index (χ4v) is 2.02. The SMILES string of the molecule is C=CCC1=C(C)C(Cl)C(Cl)C1=C. The van der Waals surface area contributed by atoms with E-state index in [1.54, 1.807) is 0 Å². The molecule has 0 aliphatic heterocycles. The predicted molar refractivity (Wildman–Crippen MR) is 55.9 cm³/mol. The van der Waals surface area contributed by atoms with Crippen LogP contribution in [0.25, 0.3) is 0 Å². The molecular weight excluding hydrogens is 191 g/mol. The Kier molecular flexibility index (Phi) is 3.03. The Hall–Kier alpha value is -0.200. The molecule has 0 nitrogen and oxygen atoms in total. The molecule has 0 N–H and O–H groups in total. The summed E-state index contributed by atoms with van der Waals surface area (Å²) >= 11 is 12.1. The Morgan fingerprint density at radius 3 is 2.33 bits per heavy atom. The van der Waals surface area contributed by atoms with Crippen LogP contribution in [0.3, 0.4) is 0 Å². The van der Waals surface area contributed by atoms with Gasteiger partial charge < -0.3 is 0 Å². The summed E-state index contributed by atoms with van der Waals surface area (Å²) < 4.78 is 0. The largest absolute Gasteiger partial charge is 0.116 e. The molecule has 0 saturated heterocycles. The standard InChI is InChI=1S/C10H12Cl2/c1-4-5-8-6(2)9(11)10(12)7(8)3/h4,9-10H,1-2,5H2,3H3. The molecule has 66 valence electrons. The lowest BCUT2D eigenvalue weighted by Crippen LogP contribution is -2.09. The Morgan fingerprint density at radius 1 is 1.42 bits per heavy atom. The van der Waals surface area contributed by atoms with E-state index in [1.807, 2.05) is 13.0 Å². The summed E-state index contributed by atoms with van der Waals surface area (Å²) in [6.07, 6.45) is 2.67. The summed E-state index contributed by atoms with van der Waals surface area (Å²) in [5, 5.41) is -0.226. The molecule has 0 fully saturated rings. The van der Waals surface area contributed by atoms with Crippen molar-refractivity contribution < 1.29 is 0 Å². The van der Waals surface area contributed by atoms with Crippen LogP contribution in [0.1, 0.15) is 13.3 Å². The van der Waals surface area contributed by atoms with E-state index in [2.05, 4.69) is 13.2 Å². The highest BCUT2D eigenvalue weighted by molar-refractivity contribution is 6.33. The monoisotopic (exact) mass is 202 g/mol. The molecular formula is C10H12Cl2. The van der Waals surface area contributed by atoms with Crippen molar-refractivity contribution in [3.05, 3.63) is 36.0 Å². The Balaban J connectivity index is 2.95. The van der Waals surface area contributed by atoms with E-state index in [0.29, 0.717) is 0 Å². The topological polar surface area (TPSA) is 0 Å². The first-order valence-electron chi connectivity index (χ1n) is 3.87. The van der Waals surface area contributed by atoms with Gasteiger partial charge in [-0.1, -0.05) is 12.7 Å². The van der Waals surface area contributed by atoms with Gasteiger partial charge in [-0.25, -0.2) is 0 Å². The van der Waals surface area contributed by atoms with Crippen LogP contribution in [0.4, 0.5) is 0 Å². The van der Waals surface area contributed by atoms with Crippen LogP contribution in [0.2, 0.25) is 0 Å². The molecule has 0 radical (unpaired) electrons. The van der Waals surface area contributed by atoms with E-state index < -0.39 is 0 Å². The minimum atomic E-state index is -0.137. The van der Waals surface area contributed by atoms with Gasteiger partial charge >= 0.3 is 0 Å². The average molecular weight is 203 g/mol. The second-order valence-electron chi connectivity index (χ2n) is 2.98. The normalized spacial score (nSPS) is 29.8. The lowest BCUT2D eigenvalue weighted by Gasteiger charge is -2.06. The molecule has 2 heteroatoms. The predicted octanol–water partition coefficient (Wildman–Crippen LogP) is 3.66. The van der Waals surface area contributed by atoms with Crippen molar-refractivity contribution in [3.63, 3.8) is 0 Å². The second-order valence-corrected chi connectivity index (χ2v) is 3.92. The highest BCUT2D eigenvalue weighted by Crippen LogP contribution is 2.39. The van der Waals surface area contributed by atoms with Gasteiger partial charge in [-0.3, -0.25) is 0 Å². The van der Waals surface area contributed by atoms with Crippen LogP contribution in [-0.4, -0.2) is 10.8 Å². The zero-order valence-corrected chi connectivity index (χ0v) is 8.62. The van der Waals surface area contributed by atoms with Gasteiger partial charge in [0.25, 0.3) is 0 Å². The van der Waals surface area contributed by atoms with Gasteiger partial charge in [0.15, 0.2) is 0 Å². The zero-order valence-electron chi connectivity index (χ0n) is 7.11. The molecule has 0 saturated carbocycles. The van der Waals surface area contributed by atoms with Gasteiger partial charge in [-0.05, 0) is 30.1 Å². The van der Waals surface area contributed by atoms with Crippen molar-refractivity contribution >= 4 is 23.2 Å². The van der Waals surface area contributed by atoms with Gasteiger partial charge in [0, 0.05) is 0 Å². The fraction of sp³-hybridized carbons (Fsp3) is 0.400. The van der Waals surface area contributed by atoms with Crippen molar-refractivity contribution in [2.45, 2.75) is 24.1 Å². The van der Waals surface area contributed by atoms with Gasteiger partial charge in [0.1, 0.15) is 0 Å². The number of alkyl halides is 2. The molecule has 0 amide bonds. The number of rotatable bonds is 2. The first-order chi connectivity index (χ1) is 5.59. The molecule has 0 bridgehead atoms. The third-order valence-electron chi connectivity index (χ3n) is 2.22. The van der Waals surface area contributed by atoms with Crippen molar-refractivity contribution in [1.29, 1.82) is 0 Å². The number of hydrogen-bond donors (Lipinski definition) is 0. The highest BCUT2D eigenvalue weighted by atomic mass is 35.5. The van der Waals surface area contributed by atoms with Gasteiger partial charge in [0.05, 0.1) is 10.8 Å². The van der Waals surface area contributed by atoms with Crippen molar-refractivity contribution in [2.75, 3.05) is 0 Å². The molecule has 0 aromatic carbocycles. The van der Waals surface area contributed by atoms with Gasteiger partial charge in [-0.15, -0.1) is 29.8 Å². The zero-order chi connectivity index (χ0) is 9.30. The first-order valence-corrected chi connectivity index (χ1v) is 4.74. The maximum atomic E-state index is 6.05. The van der Waals surface area contributed by atoms with Crippen LogP contribution >= 0.6 is 23.2 Å². The molecule has 0 heterocycles. The summed E-state index contributed by atoms with van der Waals surface area (Å²) in [7, 11) is 0.